The molecule has 2 heterocycles. The van der Waals surface area contributed by atoms with Gasteiger partial charge in [-0.3, -0.25) is 9.69 Å². The fraction of sp³-hybridized carbons (Fsp3) is 0.370. The van der Waals surface area contributed by atoms with E-state index in [-0.39, 0.29) is 5.91 Å². The number of fused-ring (bicyclic) bond motifs is 2. The zero-order chi connectivity index (χ0) is 22.3. The summed E-state index contributed by atoms with van der Waals surface area (Å²) in [4.78, 5) is 17.7. The van der Waals surface area contributed by atoms with Gasteiger partial charge in [0.15, 0.2) is 0 Å². The average molecular weight is 432 g/mol. The highest BCUT2D eigenvalue weighted by Crippen LogP contribution is 2.27. The zero-order valence-corrected chi connectivity index (χ0v) is 19.1. The van der Waals surface area contributed by atoms with E-state index < -0.39 is 0 Å². The van der Waals surface area contributed by atoms with Crippen molar-refractivity contribution in [3.63, 3.8) is 0 Å². The zero-order valence-electron chi connectivity index (χ0n) is 19.1. The van der Waals surface area contributed by atoms with Crippen molar-refractivity contribution in [1.29, 1.82) is 0 Å². The summed E-state index contributed by atoms with van der Waals surface area (Å²) in [6.07, 6.45) is 8.08. The molecule has 0 fully saturated rings. The fourth-order valence-corrected chi connectivity index (χ4v) is 4.44. The summed E-state index contributed by atoms with van der Waals surface area (Å²) >= 11 is 0. The van der Waals surface area contributed by atoms with Crippen molar-refractivity contribution in [2.24, 2.45) is 0 Å². The lowest BCUT2D eigenvalue weighted by Crippen LogP contribution is -2.36. The second-order valence-corrected chi connectivity index (χ2v) is 8.37. The number of carbonyl (C=O) groups excluding carboxylic acids is 1. The van der Waals surface area contributed by atoms with E-state index in [1.165, 1.54) is 11.1 Å². The first-order valence-corrected chi connectivity index (χ1v) is 11.6. The number of benzene rings is 2. The maximum atomic E-state index is 13.3. The lowest BCUT2D eigenvalue weighted by Gasteiger charge is -2.29. The van der Waals surface area contributed by atoms with Gasteiger partial charge < -0.3 is 15.0 Å². The number of anilines is 1. The Balaban J connectivity index is 1.37. The maximum absolute atomic E-state index is 13.3. The second-order valence-electron chi connectivity index (χ2n) is 8.37. The molecule has 0 saturated heterocycles. The summed E-state index contributed by atoms with van der Waals surface area (Å²) in [6.45, 7) is 8.97. The van der Waals surface area contributed by atoms with Crippen LogP contribution in [-0.2, 0) is 13.0 Å². The van der Waals surface area contributed by atoms with Crippen LogP contribution in [0.3, 0.4) is 0 Å². The largest absolute Gasteiger partial charge is 0.491 e. The number of rotatable bonds is 7. The lowest BCUT2D eigenvalue weighted by atomic mass is 10.00. The normalized spacial score (nSPS) is 17.0. The Labute approximate surface area is 191 Å². The van der Waals surface area contributed by atoms with Gasteiger partial charge in [-0.15, -0.1) is 0 Å². The molecule has 1 N–H and O–H groups in total. The van der Waals surface area contributed by atoms with Gasteiger partial charge in [0, 0.05) is 37.6 Å². The molecule has 2 aliphatic heterocycles. The van der Waals surface area contributed by atoms with Crippen LogP contribution in [0, 0.1) is 0 Å². The summed E-state index contributed by atoms with van der Waals surface area (Å²) in [5.74, 6) is 0.724. The highest BCUT2D eigenvalue weighted by Gasteiger charge is 2.24. The van der Waals surface area contributed by atoms with E-state index >= 15 is 0 Å². The summed E-state index contributed by atoms with van der Waals surface area (Å²) < 4.78 is 5.89. The molecule has 0 saturated carbocycles. The van der Waals surface area contributed by atoms with Crippen molar-refractivity contribution in [3.8, 4) is 5.75 Å². The second kappa shape index (κ2) is 10.5. The molecule has 5 heteroatoms. The van der Waals surface area contributed by atoms with E-state index in [0.717, 1.165) is 50.4 Å². The first kappa shape index (κ1) is 22.2. The quantitative estimate of drug-likeness (QED) is 0.636. The van der Waals surface area contributed by atoms with Crippen molar-refractivity contribution in [3.05, 3.63) is 83.1 Å². The minimum atomic E-state index is 0.0539. The first-order valence-electron chi connectivity index (χ1n) is 11.6. The molecule has 0 bridgehead atoms. The van der Waals surface area contributed by atoms with Gasteiger partial charge in [0.2, 0.25) is 0 Å². The van der Waals surface area contributed by atoms with Crippen LogP contribution in [0.2, 0.25) is 0 Å². The molecule has 32 heavy (non-hydrogen) atoms. The SMILES string of the molecule is C/C=C\C(=C/C)Nc1ccc2c(c1)C(=O)N(CCCN1CCc3ccccc3C1)CCO2. The van der Waals surface area contributed by atoms with Gasteiger partial charge in [-0.2, -0.15) is 0 Å². The van der Waals surface area contributed by atoms with Gasteiger partial charge in [0.25, 0.3) is 5.91 Å². The van der Waals surface area contributed by atoms with Crippen LogP contribution in [-0.4, -0.2) is 48.5 Å². The number of amides is 1. The number of allylic oxidation sites excluding steroid dienone is 3. The Morgan fingerprint density at radius 3 is 2.75 bits per heavy atom. The average Bonchev–Trinajstić information content (AvgIpc) is 2.97. The van der Waals surface area contributed by atoms with E-state index in [1.807, 2.05) is 55.2 Å². The molecule has 168 valence electrons. The highest BCUT2D eigenvalue weighted by molar-refractivity contribution is 5.98. The van der Waals surface area contributed by atoms with Crippen LogP contribution in [0.5, 0.6) is 5.75 Å². The fourth-order valence-electron chi connectivity index (χ4n) is 4.44. The molecular formula is C27H33N3O2. The highest BCUT2D eigenvalue weighted by atomic mass is 16.5. The molecule has 4 rings (SSSR count). The van der Waals surface area contributed by atoms with Gasteiger partial charge in [0.1, 0.15) is 12.4 Å². The number of hydrogen-bond donors (Lipinski definition) is 1. The standard InChI is InChI=1S/C27H33N3O2/c1-3-8-23(4-2)28-24-11-12-26-25(19-24)27(31)30(17-18-32-26)15-7-14-29-16-13-21-9-5-6-10-22(21)20-29/h3-6,8-12,19,28H,7,13-18,20H2,1-2H3/b8-3-,23-4+. The minimum absolute atomic E-state index is 0.0539. The third kappa shape index (κ3) is 5.22. The minimum Gasteiger partial charge on any atom is -0.491 e. The number of ether oxygens (including phenoxy) is 1. The number of nitrogens with zero attached hydrogens (tertiary/aromatic N) is 2. The van der Waals surface area contributed by atoms with Gasteiger partial charge in [-0.25, -0.2) is 0 Å². The number of hydrogen-bond acceptors (Lipinski definition) is 4. The van der Waals surface area contributed by atoms with E-state index in [0.29, 0.717) is 24.5 Å². The van der Waals surface area contributed by atoms with E-state index in [9.17, 15) is 4.79 Å². The van der Waals surface area contributed by atoms with Crippen LogP contribution in [0.1, 0.15) is 41.8 Å². The predicted molar refractivity (Wildman–Crippen MR) is 130 cm³/mol. The Morgan fingerprint density at radius 2 is 1.94 bits per heavy atom. The Kier molecular flexibility index (Phi) is 7.28. The van der Waals surface area contributed by atoms with Crippen LogP contribution < -0.4 is 10.1 Å². The van der Waals surface area contributed by atoms with Gasteiger partial charge in [-0.05, 0) is 62.1 Å². The summed E-state index contributed by atoms with van der Waals surface area (Å²) in [5, 5.41) is 3.37. The summed E-state index contributed by atoms with van der Waals surface area (Å²) in [6, 6.07) is 14.5. The Hall–Kier alpha value is -3.05. The molecule has 0 radical (unpaired) electrons. The first-order chi connectivity index (χ1) is 15.7. The van der Waals surface area contributed by atoms with Crippen LogP contribution in [0.25, 0.3) is 0 Å². The smallest absolute Gasteiger partial charge is 0.257 e. The third-order valence-corrected chi connectivity index (χ3v) is 6.17. The number of carbonyl (C=O) groups is 1. The monoisotopic (exact) mass is 431 g/mol. The van der Waals surface area contributed by atoms with Gasteiger partial charge in [-0.1, -0.05) is 36.4 Å². The van der Waals surface area contributed by atoms with Crippen molar-refractivity contribution in [1.82, 2.24) is 9.80 Å². The number of nitrogens with one attached hydrogen (secondary N) is 1. The molecule has 2 aliphatic rings. The van der Waals surface area contributed by atoms with Crippen LogP contribution >= 0.6 is 0 Å². The van der Waals surface area contributed by atoms with Crippen molar-refractivity contribution in [2.75, 3.05) is 38.1 Å². The molecule has 2 aromatic rings. The molecule has 1 amide bonds. The topological polar surface area (TPSA) is 44.8 Å². The molecule has 0 atom stereocenters. The molecular weight excluding hydrogens is 398 g/mol. The third-order valence-electron chi connectivity index (χ3n) is 6.17. The molecule has 0 unspecified atom stereocenters. The van der Waals surface area contributed by atoms with Gasteiger partial charge in [0.05, 0.1) is 12.1 Å². The maximum Gasteiger partial charge on any atom is 0.257 e. The van der Waals surface area contributed by atoms with E-state index in [2.05, 4.69) is 34.5 Å². The summed E-state index contributed by atoms with van der Waals surface area (Å²) in [5.41, 5.74) is 5.43. The summed E-state index contributed by atoms with van der Waals surface area (Å²) in [7, 11) is 0. The molecule has 0 aliphatic carbocycles. The molecule has 0 spiro atoms. The van der Waals surface area contributed by atoms with Crippen LogP contribution in [0.4, 0.5) is 5.69 Å². The molecule has 0 aromatic heterocycles. The van der Waals surface area contributed by atoms with E-state index in [1.54, 1.807) is 0 Å². The predicted octanol–water partition coefficient (Wildman–Crippen LogP) is 4.86. The van der Waals surface area contributed by atoms with Gasteiger partial charge >= 0.3 is 0 Å². The Morgan fingerprint density at radius 1 is 1.09 bits per heavy atom. The van der Waals surface area contributed by atoms with E-state index in [4.69, 9.17) is 4.74 Å². The van der Waals surface area contributed by atoms with Crippen molar-refractivity contribution < 1.29 is 9.53 Å². The van der Waals surface area contributed by atoms with Crippen molar-refractivity contribution >= 4 is 11.6 Å². The Bertz CT molecular complexity index is 1010. The van der Waals surface area contributed by atoms with Crippen LogP contribution in [0.15, 0.2) is 66.4 Å². The van der Waals surface area contributed by atoms with Crippen molar-refractivity contribution in [2.45, 2.75) is 33.2 Å². The molecule has 5 nitrogen and oxygen atoms in total. The molecule has 2 aromatic carbocycles. The lowest BCUT2D eigenvalue weighted by molar-refractivity contribution is 0.0746.